The molecule has 7 nitrogen and oxygen atoms in total. The lowest BCUT2D eigenvalue weighted by atomic mass is 9.96. The number of hydrogen-bond acceptors (Lipinski definition) is 7. The normalized spacial score (nSPS) is 20.0. The Morgan fingerprint density at radius 1 is 0.818 bits per heavy atom. The van der Waals surface area contributed by atoms with E-state index in [2.05, 4.69) is 9.97 Å². The van der Waals surface area contributed by atoms with Gasteiger partial charge in [-0.25, -0.2) is 0 Å². The topological polar surface area (TPSA) is 127 Å². The molecule has 0 aliphatic heterocycles. The fourth-order valence-corrected chi connectivity index (χ4v) is 2.01. The summed E-state index contributed by atoms with van der Waals surface area (Å²) in [6.45, 7) is 5.41. The quantitative estimate of drug-likeness (QED) is 0.460. The van der Waals surface area contributed by atoms with Gasteiger partial charge in [0.2, 0.25) is 0 Å². The summed E-state index contributed by atoms with van der Waals surface area (Å²) in [6.07, 6.45) is -2.43. The van der Waals surface area contributed by atoms with Crippen molar-refractivity contribution >= 4 is 0 Å². The van der Waals surface area contributed by atoms with E-state index in [9.17, 15) is 25.5 Å². The molecule has 0 saturated carbocycles. The molecule has 0 aromatic carbocycles. The molecule has 0 fully saturated rings. The van der Waals surface area contributed by atoms with Crippen molar-refractivity contribution in [2.45, 2.75) is 64.1 Å². The van der Waals surface area contributed by atoms with Gasteiger partial charge in [0, 0.05) is 0 Å². The van der Waals surface area contributed by atoms with Gasteiger partial charge in [-0.15, -0.1) is 0 Å². The van der Waals surface area contributed by atoms with Gasteiger partial charge >= 0.3 is 0 Å². The van der Waals surface area contributed by atoms with Crippen LogP contribution in [0.2, 0.25) is 0 Å². The maximum atomic E-state index is 10.1. The SMILES string of the molecule is CCC(C)C(O)C(O)c1cnc(C(O)C(O)C(O)CC)cn1. The highest BCUT2D eigenvalue weighted by Gasteiger charge is 2.28. The Balaban J connectivity index is 2.82. The van der Waals surface area contributed by atoms with Crippen LogP contribution in [-0.2, 0) is 0 Å². The van der Waals surface area contributed by atoms with Crippen LogP contribution in [0.1, 0.15) is 57.2 Å². The zero-order valence-corrected chi connectivity index (χ0v) is 13.2. The Morgan fingerprint density at radius 3 is 1.64 bits per heavy atom. The van der Waals surface area contributed by atoms with E-state index in [0.717, 1.165) is 0 Å². The lowest BCUT2D eigenvalue weighted by Crippen LogP contribution is -2.32. The highest BCUT2D eigenvalue weighted by Crippen LogP contribution is 2.23. The van der Waals surface area contributed by atoms with Crippen LogP contribution in [0.4, 0.5) is 0 Å². The minimum absolute atomic E-state index is 0.0916. The van der Waals surface area contributed by atoms with Crippen LogP contribution in [0.3, 0.4) is 0 Å². The number of aliphatic hydroxyl groups excluding tert-OH is 5. The summed E-state index contributed by atoms with van der Waals surface area (Å²) < 4.78 is 0. The molecule has 1 aromatic heterocycles. The van der Waals surface area contributed by atoms with E-state index in [4.69, 9.17) is 0 Å². The van der Waals surface area contributed by atoms with Gasteiger partial charge in [-0.2, -0.15) is 0 Å². The van der Waals surface area contributed by atoms with E-state index in [-0.39, 0.29) is 17.3 Å². The average Bonchev–Trinajstić information content (AvgIpc) is 2.57. The van der Waals surface area contributed by atoms with Crippen LogP contribution < -0.4 is 0 Å². The number of hydrogen-bond donors (Lipinski definition) is 5. The lowest BCUT2D eigenvalue weighted by molar-refractivity contribution is -0.0631. The molecule has 1 rings (SSSR count). The lowest BCUT2D eigenvalue weighted by Gasteiger charge is -2.23. The number of rotatable bonds is 8. The van der Waals surface area contributed by atoms with Crippen molar-refractivity contribution in [2.75, 3.05) is 0 Å². The molecule has 0 radical (unpaired) electrons. The minimum Gasteiger partial charge on any atom is -0.390 e. The molecule has 0 spiro atoms. The Labute approximate surface area is 130 Å². The van der Waals surface area contributed by atoms with Crippen molar-refractivity contribution in [1.82, 2.24) is 9.97 Å². The maximum Gasteiger partial charge on any atom is 0.126 e. The molecule has 6 atom stereocenters. The van der Waals surface area contributed by atoms with Crippen LogP contribution in [-0.4, -0.2) is 53.8 Å². The molecule has 0 bridgehead atoms. The molecule has 0 aliphatic rings. The summed E-state index contributed by atoms with van der Waals surface area (Å²) in [4.78, 5) is 7.93. The second-order valence-corrected chi connectivity index (χ2v) is 5.60. The minimum atomic E-state index is -1.37. The van der Waals surface area contributed by atoms with E-state index >= 15 is 0 Å². The first-order chi connectivity index (χ1) is 10.3. The van der Waals surface area contributed by atoms with Crippen LogP contribution in [0.25, 0.3) is 0 Å². The Morgan fingerprint density at radius 2 is 1.27 bits per heavy atom. The number of nitrogens with zero attached hydrogens (tertiary/aromatic N) is 2. The molecule has 0 aliphatic carbocycles. The van der Waals surface area contributed by atoms with E-state index in [1.54, 1.807) is 6.92 Å². The fraction of sp³-hybridized carbons (Fsp3) is 0.733. The molecule has 22 heavy (non-hydrogen) atoms. The summed E-state index contributed by atoms with van der Waals surface area (Å²) in [5, 5.41) is 49.2. The summed E-state index contributed by atoms with van der Waals surface area (Å²) in [5.74, 6) is -0.0939. The molecular formula is C15H26N2O5. The number of aromatic nitrogens is 2. The summed E-state index contributed by atoms with van der Waals surface area (Å²) in [5.41, 5.74) is 0.281. The van der Waals surface area contributed by atoms with Gasteiger partial charge in [0.25, 0.3) is 0 Å². The predicted molar refractivity (Wildman–Crippen MR) is 79.7 cm³/mol. The fourth-order valence-electron chi connectivity index (χ4n) is 2.01. The Kier molecular flexibility index (Phi) is 7.31. The molecule has 1 heterocycles. The van der Waals surface area contributed by atoms with Crippen molar-refractivity contribution < 1.29 is 25.5 Å². The van der Waals surface area contributed by atoms with E-state index in [1.807, 2.05) is 13.8 Å². The van der Waals surface area contributed by atoms with Gasteiger partial charge in [-0.3, -0.25) is 9.97 Å². The molecule has 6 unspecified atom stereocenters. The predicted octanol–water partition coefficient (Wildman–Crippen LogP) is 0.0822. The van der Waals surface area contributed by atoms with Crippen molar-refractivity contribution in [3.8, 4) is 0 Å². The Hall–Kier alpha value is -1.12. The summed E-state index contributed by atoms with van der Waals surface area (Å²) >= 11 is 0. The molecule has 126 valence electrons. The van der Waals surface area contributed by atoms with E-state index in [0.29, 0.717) is 12.8 Å². The van der Waals surface area contributed by atoms with Gasteiger partial charge in [0.05, 0.1) is 36.0 Å². The highest BCUT2D eigenvalue weighted by molar-refractivity contribution is 5.10. The second kappa shape index (κ2) is 8.50. The van der Waals surface area contributed by atoms with Crippen LogP contribution in [0, 0.1) is 5.92 Å². The molecular weight excluding hydrogens is 288 g/mol. The standard InChI is InChI=1S/C15H26N2O5/c1-4-8(3)12(19)13(20)9-6-17-10(7-16-9)14(21)15(22)11(18)5-2/h6-8,11-15,18-22H,4-5H2,1-3H3. The first-order valence-corrected chi connectivity index (χ1v) is 7.55. The third-order valence-electron chi connectivity index (χ3n) is 3.98. The summed E-state index contributed by atoms with van der Waals surface area (Å²) in [6, 6.07) is 0. The van der Waals surface area contributed by atoms with E-state index < -0.39 is 30.5 Å². The van der Waals surface area contributed by atoms with Gasteiger partial charge in [-0.1, -0.05) is 27.2 Å². The molecule has 7 heteroatoms. The van der Waals surface area contributed by atoms with Gasteiger partial charge in [-0.05, 0) is 12.3 Å². The van der Waals surface area contributed by atoms with Gasteiger partial charge in [0.15, 0.2) is 0 Å². The van der Waals surface area contributed by atoms with Crippen molar-refractivity contribution in [3.05, 3.63) is 23.8 Å². The first-order valence-electron chi connectivity index (χ1n) is 7.55. The molecule has 0 amide bonds. The Bertz CT molecular complexity index is 401. The monoisotopic (exact) mass is 314 g/mol. The average molecular weight is 314 g/mol. The maximum absolute atomic E-state index is 10.1. The van der Waals surface area contributed by atoms with Gasteiger partial charge in [0.1, 0.15) is 18.3 Å². The van der Waals surface area contributed by atoms with Crippen LogP contribution in [0.5, 0.6) is 0 Å². The molecule has 1 aromatic rings. The second-order valence-electron chi connectivity index (χ2n) is 5.60. The molecule has 5 N–H and O–H groups in total. The first kappa shape index (κ1) is 18.9. The van der Waals surface area contributed by atoms with E-state index in [1.165, 1.54) is 12.4 Å². The van der Waals surface area contributed by atoms with Crippen LogP contribution in [0.15, 0.2) is 12.4 Å². The molecule has 0 saturated heterocycles. The highest BCUT2D eigenvalue weighted by atomic mass is 16.4. The van der Waals surface area contributed by atoms with Crippen molar-refractivity contribution in [3.63, 3.8) is 0 Å². The third-order valence-corrected chi connectivity index (χ3v) is 3.98. The van der Waals surface area contributed by atoms with Crippen molar-refractivity contribution in [1.29, 1.82) is 0 Å². The zero-order valence-electron chi connectivity index (χ0n) is 13.2. The van der Waals surface area contributed by atoms with Crippen molar-refractivity contribution in [2.24, 2.45) is 5.92 Å². The van der Waals surface area contributed by atoms with Crippen LogP contribution >= 0.6 is 0 Å². The summed E-state index contributed by atoms with van der Waals surface area (Å²) in [7, 11) is 0. The number of aliphatic hydroxyl groups is 5. The zero-order chi connectivity index (χ0) is 16.9. The van der Waals surface area contributed by atoms with Gasteiger partial charge < -0.3 is 25.5 Å². The smallest absolute Gasteiger partial charge is 0.126 e. The third kappa shape index (κ3) is 4.44. The largest absolute Gasteiger partial charge is 0.390 e.